The summed E-state index contributed by atoms with van der Waals surface area (Å²) in [6.07, 6.45) is -4.79. The first-order chi connectivity index (χ1) is 17.6. The molecule has 0 aliphatic heterocycles. The normalized spacial score (nSPS) is 11.8. The van der Waals surface area contributed by atoms with Crippen LogP contribution in [0.15, 0.2) is 71.8 Å². The molecule has 0 radical (unpaired) electrons. The number of halogens is 6. The van der Waals surface area contributed by atoms with Gasteiger partial charge in [0, 0.05) is 10.7 Å². The van der Waals surface area contributed by atoms with Gasteiger partial charge < -0.3 is 10.1 Å². The number of rotatable bonds is 7. The molecule has 4 aromatic rings. The molecule has 0 saturated carbocycles. The van der Waals surface area contributed by atoms with E-state index in [0.717, 1.165) is 12.1 Å². The molecule has 0 atom stereocenters. The lowest BCUT2D eigenvalue weighted by molar-refractivity contribution is -0.274. The lowest BCUT2D eigenvalue weighted by atomic mass is 10.1. The van der Waals surface area contributed by atoms with E-state index in [1.165, 1.54) is 30.3 Å². The van der Waals surface area contributed by atoms with E-state index in [0.29, 0.717) is 22.0 Å². The Hall–Kier alpha value is -3.96. The second-order valence-electron chi connectivity index (χ2n) is 7.42. The van der Waals surface area contributed by atoms with Gasteiger partial charge in [-0.2, -0.15) is 20.1 Å². The van der Waals surface area contributed by atoms with Gasteiger partial charge >= 0.3 is 6.36 Å². The van der Waals surface area contributed by atoms with Gasteiger partial charge in [-0.1, -0.05) is 29.3 Å². The Bertz CT molecular complexity index is 1410. The number of ether oxygens (including phenoxy) is 1. The lowest BCUT2D eigenvalue weighted by Gasteiger charge is -2.11. The molecule has 0 spiro atoms. The van der Waals surface area contributed by atoms with Crippen molar-refractivity contribution in [3.8, 4) is 17.1 Å². The minimum absolute atomic E-state index is 0.0327. The Balaban J connectivity index is 1.64. The molecule has 0 aliphatic carbocycles. The third-order valence-corrected chi connectivity index (χ3v) is 5.32. The molecule has 13 heteroatoms. The van der Waals surface area contributed by atoms with Gasteiger partial charge in [-0.05, 0) is 73.2 Å². The van der Waals surface area contributed by atoms with Gasteiger partial charge in [0.1, 0.15) is 11.6 Å². The molecular formula is C24H16Cl2F4N6O. The Morgan fingerprint density at radius 2 is 1.57 bits per heavy atom. The zero-order valence-corrected chi connectivity index (χ0v) is 20.3. The number of anilines is 3. The third-order valence-electron chi connectivity index (χ3n) is 4.75. The van der Waals surface area contributed by atoms with Crippen LogP contribution in [0.1, 0.15) is 12.5 Å². The molecular weight excluding hydrogens is 535 g/mol. The van der Waals surface area contributed by atoms with Crippen LogP contribution in [0.3, 0.4) is 0 Å². The van der Waals surface area contributed by atoms with Crippen molar-refractivity contribution in [3.63, 3.8) is 0 Å². The first-order valence-electron chi connectivity index (χ1n) is 10.5. The van der Waals surface area contributed by atoms with Gasteiger partial charge in [0.15, 0.2) is 5.82 Å². The zero-order chi connectivity index (χ0) is 26.6. The molecule has 190 valence electrons. The van der Waals surface area contributed by atoms with Crippen molar-refractivity contribution in [2.24, 2.45) is 5.10 Å². The summed E-state index contributed by atoms with van der Waals surface area (Å²) in [7, 11) is 0. The topological polar surface area (TPSA) is 84.3 Å². The average Bonchev–Trinajstić information content (AvgIpc) is 2.83. The summed E-state index contributed by atoms with van der Waals surface area (Å²) >= 11 is 12.1. The zero-order valence-electron chi connectivity index (χ0n) is 18.8. The quantitative estimate of drug-likeness (QED) is 0.141. The lowest BCUT2D eigenvalue weighted by Crippen LogP contribution is -2.17. The Morgan fingerprint density at radius 3 is 2.22 bits per heavy atom. The summed E-state index contributed by atoms with van der Waals surface area (Å²) in [6.45, 7) is 1.62. The van der Waals surface area contributed by atoms with E-state index in [4.69, 9.17) is 23.2 Å². The maximum atomic E-state index is 14.6. The van der Waals surface area contributed by atoms with E-state index in [2.05, 4.69) is 35.5 Å². The SMILES string of the molecule is C/C(=N/Nc1nc(Nc2ccc(Cl)cc2)nc(-c2c(F)cccc2Cl)n1)c1ccc(OC(F)(F)F)cc1. The van der Waals surface area contributed by atoms with Crippen LogP contribution in [-0.2, 0) is 0 Å². The summed E-state index contributed by atoms with van der Waals surface area (Å²) in [5.41, 5.74) is 4.15. The number of nitrogens with zero attached hydrogens (tertiary/aromatic N) is 4. The van der Waals surface area contributed by atoms with E-state index < -0.39 is 12.2 Å². The molecule has 1 heterocycles. The Labute approximate surface area is 218 Å². The standard InChI is InChI=1S/C24H16Cl2F4N6O/c1-13(14-5-11-17(12-6-14)37-24(28,29)30)35-36-23-33-21(20-18(26)3-2-4-19(20)27)32-22(34-23)31-16-9-7-15(25)8-10-16/h2-12H,1H3,(H2,31,32,33,34,36)/b35-13-. The maximum absolute atomic E-state index is 14.6. The number of hydrazone groups is 1. The van der Waals surface area contributed by atoms with Gasteiger partial charge in [0.2, 0.25) is 11.9 Å². The smallest absolute Gasteiger partial charge is 0.406 e. The number of hydrogen-bond donors (Lipinski definition) is 2. The number of nitrogens with one attached hydrogen (secondary N) is 2. The molecule has 0 bridgehead atoms. The van der Waals surface area contributed by atoms with E-state index in [1.54, 1.807) is 31.2 Å². The molecule has 3 aromatic carbocycles. The van der Waals surface area contributed by atoms with Crippen molar-refractivity contribution in [2.75, 3.05) is 10.7 Å². The molecule has 2 N–H and O–H groups in total. The van der Waals surface area contributed by atoms with E-state index in [1.807, 2.05) is 0 Å². The van der Waals surface area contributed by atoms with Gasteiger partial charge in [0.05, 0.1) is 16.3 Å². The van der Waals surface area contributed by atoms with Crippen LogP contribution >= 0.6 is 23.2 Å². The van der Waals surface area contributed by atoms with Crippen LogP contribution in [0.4, 0.5) is 35.1 Å². The van der Waals surface area contributed by atoms with Crippen molar-refractivity contribution in [2.45, 2.75) is 13.3 Å². The van der Waals surface area contributed by atoms with E-state index in [-0.39, 0.29) is 34.1 Å². The summed E-state index contributed by atoms with van der Waals surface area (Å²) in [4.78, 5) is 12.8. The van der Waals surface area contributed by atoms with Crippen molar-refractivity contribution in [3.05, 3.63) is 88.2 Å². The molecule has 0 aliphatic rings. The van der Waals surface area contributed by atoms with Gasteiger partial charge in [-0.15, -0.1) is 13.2 Å². The first-order valence-corrected chi connectivity index (χ1v) is 11.2. The second kappa shape index (κ2) is 11.0. The van der Waals surface area contributed by atoms with Crippen LogP contribution in [0.2, 0.25) is 10.0 Å². The van der Waals surface area contributed by atoms with Crippen molar-refractivity contribution < 1.29 is 22.3 Å². The summed E-state index contributed by atoms with van der Waals surface area (Å²) in [5, 5.41) is 7.80. The Kier molecular flexibility index (Phi) is 7.74. The first kappa shape index (κ1) is 26.1. The highest BCUT2D eigenvalue weighted by atomic mass is 35.5. The predicted octanol–water partition coefficient (Wildman–Crippen LogP) is 7.46. The van der Waals surface area contributed by atoms with Crippen LogP contribution in [0, 0.1) is 5.82 Å². The molecule has 0 unspecified atom stereocenters. The molecule has 4 rings (SSSR count). The number of hydrogen-bond acceptors (Lipinski definition) is 7. The second-order valence-corrected chi connectivity index (χ2v) is 8.26. The van der Waals surface area contributed by atoms with Crippen molar-refractivity contribution >= 4 is 46.5 Å². The van der Waals surface area contributed by atoms with Gasteiger partial charge in [0.25, 0.3) is 0 Å². The van der Waals surface area contributed by atoms with Crippen LogP contribution in [0.5, 0.6) is 5.75 Å². The van der Waals surface area contributed by atoms with Crippen molar-refractivity contribution in [1.29, 1.82) is 0 Å². The van der Waals surface area contributed by atoms with Gasteiger partial charge in [-0.3, -0.25) is 0 Å². The predicted molar refractivity (Wildman–Crippen MR) is 134 cm³/mol. The summed E-state index contributed by atoms with van der Waals surface area (Å²) in [5.74, 6) is -1.03. The summed E-state index contributed by atoms with van der Waals surface area (Å²) in [6, 6.07) is 16.0. The minimum atomic E-state index is -4.79. The van der Waals surface area contributed by atoms with Crippen molar-refractivity contribution in [1.82, 2.24) is 15.0 Å². The Morgan fingerprint density at radius 1 is 0.892 bits per heavy atom. The highest BCUT2D eigenvalue weighted by Crippen LogP contribution is 2.30. The highest BCUT2D eigenvalue weighted by Gasteiger charge is 2.31. The third kappa shape index (κ3) is 7.05. The maximum Gasteiger partial charge on any atom is 0.573 e. The monoisotopic (exact) mass is 550 g/mol. The molecule has 1 aromatic heterocycles. The summed E-state index contributed by atoms with van der Waals surface area (Å²) < 4.78 is 55.6. The highest BCUT2D eigenvalue weighted by molar-refractivity contribution is 6.33. The fourth-order valence-electron chi connectivity index (χ4n) is 3.06. The fourth-order valence-corrected chi connectivity index (χ4v) is 3.44. The molecule has 7 nitrogen and oxygen atoms in total. The number of benzene rings is 3. The number of aromatic nitrogens is 3. The largest absolute Gasteiger partial charge is 0.573 e. The molecule has 0 amide bonds. The average molecular weight is 551 g/mol. The number of alkyl halides is 3. The minimum Gasteiger partial charge on any atom is -0.406 e. The molecule has 37 heavy (non-hydrogen) atoms. The molecule has 0 saturated heterocycles. The van der Waals surface area contributed by atoms with Crippen LogP contribution in [0.25, 0.3) is 11.4 Å². The van der Waals surface area contributed by atoms with Crippen LogP contribution < -0.4 is 15.5 Å². The van der Waals surface area contributed by atoms with E-state index >= 15 is 0 Å². The fraction of sp³-hybridized carbons (Fsp3) is 0.0833. The molecule has 0 fully saturated rings. The van der Waals surface area contributed by atoms with E-state index in [9.17, 15) is 17.6 Å². The van der Waals surface area contributed by atoms with Gasteiger partial charge in [-0.25, -0.2) is 9.82 Å². The van der Waals surface area contributed by atoms with Crippen LogP contribution in [-0.4, -0.2) is 27.0 Å².